The highest BCUT2D eigenvalue weighted by Crippen LogP contribution is 2.40. The molecule has 1 aromatic heterocycles. The number of esters is 1. The molecule has 2 aromatic rings. The molecule has 1 atom stereocenters. The number of thiophene rings is 1. The van der Waals surface area contributed by atoms with Gasteiger partial charge < -0.3 is 10.1 Å². The molecule has 28 heavy (non-hydrogen) atoms. The van der Waals surface area contributed by atoms with Crippen molar-refractivity contribution in [1.29, 1.82) is 0 Å². The predicted molar refractivity (Wildman–Crippen MR) is 109 cm³/mol. The third-order valence-corrected chi connectivity index (χ3v) is 7.38. The van der Waals surface area contributed by atoms with Crippen molar-refractivity contribution in [2.24, 2.45) is 5.92 Å². The van der Waals surface area contributed by atoms with Gasteiger partial charge in [-0.1, -0.05) is 37.3 Å². The van der Waals surface area contributed by atoms with E-state index in [4.69, 9.17) is 4.74 Å². The van der Waals surface area contributed by atoms with Crippen LogP contribution in [0.4, 0.5) is 5.00 Å². The van der Waals surface area contributed by atoms with E-state index in [1.54, 1.807) is 30.3 Å². The largest absolute Gasteiger partial charge is 0.465 e. The zero-order chi connectivity index (χ0) is 20.3. The smallest absolute Gasteiger partial charge is 0.341 e. The minimum Gasteiger partial charge on any atom is -0.465 e. The molecule has 150 valence electrons. The van der Waals surface area contributed by atoms with E-state index in [-0.39, 0.29) is 5.75 Å². The Morgan fingerprint density at radius 1 is 1.25 bits per heavy atom. The van der Waals surface area contributed by atoms with Crippen LogP contribution in [-0.4, -0.2) is 33.2 Å². The average molecular weight is 422 g/mol. The third-order valence-electron chi connectivity index (χ3n) is 4.73. The van der Waals surface area contributed by atoms with Gasteiger partial charge >= 0.3 is 5.97 Å². The fourth-order valence-corrected chi connectivity index (χ4v) is 6.09. The van der Waals surface area contributed by atoms with Crippen LogP contribution in [0.15, 0.2) is 30.3 Å². The zero-order valence-electron chi connectivity index (χ0n) is 15.9. The lowest BCUT2D eigenvalue weighted by molar-refractivity contribution is -0.113. The minimum absolute atomic E-state index is 0.205. The summed E-state index contributed by atoms with van der Waals surface area (Å²) in [4.78, 5) is 25.8. The van der Waals surface area contributed by atoms with Crippen molar-refractivity contribution in [3.05, 3.63) is 51.9 Å². The van der Waals surface area contributed by atoms with Crippen LogP contribution in [0.3, 0.4) is 0 Å². The van der Waals surface area contributed by atoms with Gasteiger partial charge in [0.25, 0.3) is 0 Å². The van der Waals surface area contributed by atoms with Crippen molar-refractivity contribution < 1.29 is 22.7 Å². The molecular formula is C20H23NO5S2. The van der Waals surface area contributed by atoms with Crippen LogP contribution in [-0.2, 0) is 38.0 Å². The third kappa shape index (κ3) is 4.80. The molecule has 1 aliphatic rings. The van der Waals surface area contributed by atoms with E-state index >= 15 is 0 Å². The van der Waals surface area contributed by atoms with Crippen LogP contribution in [0.5, 0.6) is 0 Å². The van der Waals surface area contributed by atoms with Gasteiger partial charge in [-0.05, 0) is 36.3 Å². The number of hydrogen-bond donors (Lipinski definition) is 1. The molecular weight excluding hydrogens is 398 g/mol. The maximum absolute atomic E-state index is 12.4. The van der Waals surface area contributed by atoms with E-state index in [1.807, 2.05) is 0 Å². The molecule has 6 nitrogen and oxygen atoms in total. The summed E-state index contributed by atoms with van der Waals surface area (Å²) in [6.07, 6.45) is 2.55. The number of hydrogen-bond acceptors (Lipinski definition) is 6. The Morgan fingerprint density at radius 3 is 2.64 bits per heavy atom. The van der Waals surface area contributed by atoms with Gasteiger partial charge in [-0.3, -0.25) is 4.79 Å². The van der Waals surface area contributed by atoms with Crippen molar-refractivity contribution in [3.8, 4) is 0 Å². The minimum atomic E-state index is -3.63. The molecule has 0 fully saturated rings. The number of sulfone groups is 1. The first-order chi connectivity index (χ1) is 13.3. The number of nitrogens with one attached hydrogen (secondary N) is 1. The second kappa shape index (κ2) is 8.45. The van der Waals surface area contributed by atoms with Crippen molar-refractivity contribution >= 4 is 38.1 Å². The molecule has 1 N–H and O–H groups in total. The fraction of sp³-hybridized carbons (Fsp3) is 0.400. The van der Waals surface area contributed by atoms with Crippen molar-refractivity contribution in [1.82, 2.24) is 0 Å². The predicted octanol–water partition coefficient (Wildman–Crippen LogP) is 3.21. The van der Waals surface area contributed by atoms with Crippen molar-refractivity contribution in [2.75, 3.05) is 18.2 Å². The van der Waals surface area contributed by atoms with Crippen molar-refractivity contribution in [3.63, 3.8) is 0 Å². The molecule has 3 rings (SSSR count). The first-order valence-electron chi connectivity index (χ1n) is 9.06. The van der Waals surface area contributed by atoms with E-state index in [2.05, 4.69) is 12.2 Å². The Hall–Kier alpha value is -2.19. The number of anilines is 1. The molecule has 0 saturated carbocycles. The SMILES string of the molecule is COC(=O)c1c(NC(=O)CS(=O)(=O)Cc2ccccc2)sc2c1CCC(C)C2. The normalized spacial score (nSPS) is 16.3. The number of ether oxygens (including phenoxy) is 1. The Labute approximate surface area is 168 Å². The molecule has 8 heteroatoms. The van der Waals surface area contributed by atoms with E-state index < -0.39 is 27.5 Å². The molecule has 1 aliphatic carbocycles. The second-order valence-corrected chi connectivity index (χ2v) is 10.3. The highest BCUT2D eigenvalue weighted by molar-refractivity contribution is 7.91. The molecule has 0 aliphatic heterocycles. The van der Waals surface area contributed by atoms with Crippen LogP contribution >= 0.6 is 11.3 Å². The number of benzene rings is 1. The maximum Gasteiger partial charge on any atom is 0.341 e. The molecule has 1 unspecified atom stereocenters. The summed E-state index contributed by atoms with van der Waals surface area (Å²) in [5.41, 5.74) is 1.91. The van der Waals surface area contributed by atoms with Gasteiger partial charge in [0.2, 0.25) is 5.91 Å². The van der Waals surface area contributed by atoms with E-state index in [0.29, 0.717) is 22.0 Å². The summed E-state index contributed by atoms with van der Waals surface area (Å²) in [6.45, 7) is 2.15. The number of amides is 1. The summed E-state index contributed by atoms with van der Waals surface area (Å²) >= 11 is 1.34. The Morgan fingerprint density at radius 2 is 1.96 bits per heavy atom. The summed E-state index contributed by atoms with van der Waals surface area (Å²) in [6, 6.07) is 8.73. The number of rotatable bonds is 6. The summed E-state index contributed by atoms with van der Waals surface area (Å²) < 4.78 is 29.6. The van der Waals surface area contributed by atoms with Crippen LogP contribution in [0.1, 0.15) is 39.7 Å². The van der Waals surface area contributed by atoms with Crippen LogP contribution in [0, 0.1) is 5.92 Å². The van der Waals surface area contributed by atoms with Crippen molar-refractivity contribution in [2.45, 2.75) is 31.9 Å². The standard InChI is InChI=1S/C20H23NO5S2/c1-13-8-9-15-16(10-13)27-19(18(15)20(23)26-2)21-17(22)12-28(24,25)11-14-6-4-3-5-7-14/h3-7,13H,8-12H2,1-2H3,(H,21,22). The Bertz CT molecular complexity index is 980. The van der Waals surface area contributed by atoms with Crippen LogP contribution < -0.4 is 5.32 Å². The monoisotopic (exact) mass is 421 g/mol. The Balaban J connectivity index is 1.77. The number of carbonyl (C=O) groups excluding carboxylic acids is 2. The topological polar surface area (TPSA) is 89.5 Å². The summed E-state index contributed by atoms with van der Waals surface area (Å²) in [5, 5.41) is 3.02. The van der Waals surface area contributed by atoms with E-state index in [0.717, 1.165) is 29.7 Å². The first kappa shape index (κ1) is 20.5. The summed E-state index contributed by atoms with van der Waals surface area (Å²) in [5.74, 6) is -1.49. The molecule has 0 radical (unpaired) electrons. The fourth-order valence-electron chi connectivity index (χ4n) is 3.40. The van der Waals surface area contributed by atoms with Gasteiger partial charge in [0.1, 0.15) is 10.8 Å². The molecule has 1 heterocycles. The Kier molecular flexibility index (Phi) is 6.20. The maximum atomic E-state index is 12.4. The van der Waals surface area contributed by atoms with Gasteiger partial charge in [0.05, 0.1) is 18.4 Å². The lowest BCUT2D eigenvalue weighted by Crippen LogP contribution is -2.24. The molecule has 0 spiro atoms. The highest BCUT2D eigenvalue weighted by Gasteiger charge is 2.29. The van der Waals surface area contributed by atoms with Gasteiger partial charge in [-0.25, -0.2) is 13.2 Å². The van der Waals surface area contributed by atoms with E-state index in [9.17, 15) is 18.0 Å². The van der Waals surface area contributed by atoms with Crippen LogP contribution in [0.2, 0.25) is 0 Å². The van der Waals surface area contributed by atoms with Gasteiger partial charge in [0, 0.05) is 4.88 Å². The number of methoxy groups -OCH3 is 1. The molecule has 1 amide bonds. The second-order valence-electron chi connectivity index (χ2n) is 7.11. The molecule has 0 saturated heterocycles. The lowest BCUT2D eigenvalue weighted by Gasteiger charge is -2.18. The highest BCUT2D eigenvalue weighted by atomic mass is 32.2. The average Bonchev–Trinajstić information content (AvgIpc) is 2.97. The number of carbonyl (C=O) groups is 2. The molecule has 1 aromatic carbocycles. The van der Waals surface area contributed by atoms with Gasteiger partial charge in [-0.15, -0.1) is 11.3 Å². The van der Waals surface area contributed by atoms with Gasteiger partial charge in [0.15, 0.2) is 9.84 Å². The van der Waals surface area contributed by atoms with Crippen LogP contribution in [0.25, 0.3) is 0 Å². The quantitative estimate of drug-likeness (QED) is 0.724. The molecule has 0 bridgehead atoms. The van der Waals surface area contributed by atoms with E-state index in [1.165, 1.54) is 18.4 Å². The zero-order valence-corrected chi connectivity index (χ0v) is 17.5. The summed E-state index contributed by atoms with van der Waals surface area (Å²) in [7, 11) is -2.33. The first-order valence-corrected chi connectivity index (χ1v) is 11.7. The lowest BCUT2D eigenvalue weighted by atomic mass is 9.88. The van der Waals surface area contributed by atoms with Gasteiger partial charge in [-0.2, -0.15) is 0 Å². The number of fused-ring (bicyclic) bond motifs is 1.